The first-order valence-corrected chi connectivity index (χ1v) is 3.67. The van der Waals surface area contributed by atoms with Crippen molar-refractivity contribution in [2.24, 2.45) is 10.7 Å². The van der Waals surface area contributed by atoms with Gasteiger partial charge in [-0.3, -0.25) is 10.4 Å². The highest BCUT2D eigenvalue weighted by atomic mass is 14.9. The third-order valence-corrected chi connectivity index (χ3v) is 1.42. The zero-order valence-corrected chi connectivity index (χ0v) is 7.15. The number of nitrogens with zero attached hydrogens (tertiary/aromatic N) is 1. The van der Waals surface area contributed by atoms with E-state index < -0.39 is 0 Å². The number of rotatable bonds is 4. The van der Waals surface area contributed by atoms with Gasteiger partial charge in [0.15, 0.2) is 0 Å². The van der Waals surface area contributed by atoms with Crippen LogP contribution in [-0.2, 0) is 0 Å². The second kappa shape index (κ2) is 5.70. The smallest absolute Gasteiger partial charge is 0.0957 e. The summed E-state index contributed by atoms with van der Waals surface area (Å²) < 4.78 is 0. The van der Waals surface area contributed by atoms with Gasteiger partial charge in [-0.05, 0) is 6.42 Å². The average molecular weight is 156 g/mol. The lowest BCUT2D eigenvalue weighted by molar-refractivity contribution is 0.880. The Hall–Kier alpha value is -1.06. The highest BCUT2D eigenvalue weighted by molar-refractivity contribution is 5.82. The lowest BCUT2D eigenvalue weighted by Crippen LogP contribution is -2.19. The van der Waals surface area contributed by atoms with E-state index in [4.69, 9.17) is 11.1 Å². The van der Waals surface area contributed by atoms with E-state index in [1.54, 1.807) is 7.05 Å². The predicted molar refractivity (Wildman–Crippen MR) is 48.2 cm³/mol. The van der Waals surface area contributed by atoms with Crippen LogP contribution in [0, 0.1) is 5.41 Å². The van der Waals surface area contributed by atoms with Gasteiger partial charge in [-0.25, -0.2) is 0 Å². The summed E-state index contributed by atoms with van der Waals surface area (Å²) in [5.74, 6) is 1.21. The first kappa shape index (κ1) is 9.94. The Kier molecular flexibility index (Phi) is 5.15. The molecule has 64 valence electrons. The van der Waals surface area contributed by atoms with Crippen molar-refractivity contribution < 1.29 is 0 Å². The minimum Gasteiger partial charge on any atom is -0.388 e. The molecule has 4 N–H and O–H groups in total. The summed E-state index contributed by atoms with van der Waals surface area (Å²) >= 11 is 0. The van der Waals surface area contributed by atoms with E-state index >= 15 is 0 Å². The zero-order valence-electron chi connectivity index (χ0n) is 7.15. The number of aliphatic imine (C=N–C) groups is 1. The van der Waals surface area contributed by atoms with Gasteiger partial charge in [0, 0.05) is 26.9 Å². The highest BCUT2D eigenvalue weighted by Gasteiger charge is 1.95. The lowest BCUT2D eigenvalue weighted by atomic mass is 10.2. The highest BCUT2D eigenvalue weighted by Crippen LogP contribution is 1.94. The van der Waals surface area contributed by atoms with E-state index in [1.807, 2.05) is 7.05 Å². The van der Waals surface area contributed by atoms with Gasteiger partial charge < -0.3 is 11.1 Å². The van der Waals surface area contributed by atoms with Crippen LogP contribution in [0.4, 0.5) is 0 Å². The van der Waals surface area contributed by atoms with Gasteiger partial charge >= 0.3 is 0 Å². The van der Waals surface area contributed by atoms with Gasteiger partial charge in [-0.2, -0.15) is 0 Å². The quantitative estimate of drug-likeness (QED) is 0.405. The summed E-state index contributed by atoms with van der Waals surface area (Å²) in [5.41, 5.74) is 5.18. The van der Waals surface area contributed by atoms with Crippen LogP contribution in [0.1, 0.15) is 19.3 Å². The molecule has 0 aromatic heterocycles. The largest absolute Gasteiger partial charge is 0.388 e. The summed E-state index contributed by atoms with van der Waals surface area (Å²) in [7, 11) is 3.59. The third-order valence-electron chi connectivity index (χ3n) is 1.42. The number of hydrogen-bond acceptors (Lipinski definition) is 2. The minimum atomic E-state index is 0.247. The molecule has 0 atom stereocenters. The van der Waals surface area contributed by atoms with Crippen molar-refractivity contribution in [2.75, 3.05) is 14.1 Å². The molecule has 0 saturated carbocycles. The molecule has 0 rings (SSSR count). The second-order valence-electron chi connectivity index (χ2n) is 2.30. The monoisotopic (exact) mass is 156 g/mol. The van der Waals surface area contributed by atoms with E-state index in [9.17, 15) is 0 Å². The molecule has 0 aromatic rings. The first-order chi connectivity index (χ1) is 5.20. The van der Waals surface area contributed by atoms with Crippen molar-refractivity contribution in [3.8, 4) is 0 Å². The van der Waals surface area contributed by atoms with Gasteiger partial charge in [-0.1, -0.05) is 0 Å². The Balaban J connectivity index is 3.45. The minimum absolute atomic E-state index is 0.247. The van der Waals surface area contributed by atoms with Crippen molar-refractivity contribution >= 4 is 11.7 Å². The Morgan fingerprint density at radius 3 is 2.55 bits per heavy atom. The van der Waals surface area contributed by atoms with Crippen molar-refractivity contribution in [3.63, 3.8) is 0 Å². The van der Waals surface area contributed by atoms with Crippen LogP contribution in [0.25, 0.3) is 0 Å². The summed E-state index contributed by atoms with van der Waals surface area (Å²) in [6, 6.07) is 0. The van der Waals surface area contributed by atoms with Gasteiger partial charge in [0.05, 0.1) is 11.7 Å². The number of hydrogen-bond donors (Lipinski definition) is 3. The van der Waals surface area contributed by atoms with Gasteiger partial charge in [0.2, 0.25) is 0 Å². The van der Waals surface area contributed by atoms with Crippen molar-refractivity contribution in [2.45, 2.75) is 19.3 Å². The van der Waals surface area contributed by atoms with Crippen molar-refractivity contribution in [1.82, 2.24) is 5.32 Å². The van der Waals surface area contributed by atoms with Gasteiger partial charge in [0.25, 0.3) is 0 Å². The fourth-order valence-electron chi connectivity index (χ4n) is 0.795. The van der Waals surface area contributed by atoms with E-state index in [0.717, 1.165) is 18.7 Å². The number of nitrogens with one attached hydrogen (secondary N) is 2. The molecular weight excluding hydrogens is 140 g/mol. The van der Waals surface area contributed by atoms with E-state index in [2.05, 4.69) is 10.3 Å². The molecule has 4 nitrogen and oxygen atoms in total. The molecule has 0 aliphatic heterocycles. The van der Waals surface area contributed by atoms with Crippen LogP contribution in [-0.4, -0.2) is 25.8 Å². The molecule has 0 saturated heterocycles. The van der Waals surface area contributed by atoms with E-state index in [1.165, 1.54) is 0 Å². The van der Waals surface area contributed by atoms with Gasteiger partial charge in [-0.15, -0.1) is 0 Å². The second-order valence-corrected chi connectivity index (χ2v) is 2.30. The zero-order chi connectivity index (χ0) is 8.69. The molecule has 0 aliphatic rings. The standard InChI is InChI=1S/C7H16N4/c1-10-7(11-2)5-3-4-6(8)9/h3-5H2,1-2H3,(H3,8,9)(H,10,11). The van der Waals surface area contributed by atoms with Gasteiger partial charge in [0.1, 0.15) is 0 Å². The van der Waals surface area contributed by atoms with Crippen LogP contribution in [0.3, 0.4) is 0 Å². The maximum absolute atomic E-state index is 6.97. The molecule has 11 heavy (non-hydrogen) atoms. The molecule has 0 spiro atoms. The Bertz CT molecular complexity index is 151. The Morgan fingerprint density at radius 2 is 2.18 bits per heavy atom. The average Bonchev–Trinajstić information content (AvgIpc) is 1.98. The molecule has 0 unspecified atom stereocenters. The lowest BCUT2D eigenvalue weighted by Gasteiger charge is -2.02. The molecule has 0 heterocycles. The third kappa shape index (κ3) is 5.39. The van der Waals surface area contributed by atoms with Crippen LogP contribution in [0.15, 0.2) is 4.99 Å². The topological polar surface area (TPSA) is 74.3 Å². The fraction of sp³-hybridized carbons (Fsp3) is 0.714. The Labute approximate surface area is 67.4 Å². The molecule has 0 aromatic carbocycles. The maximum Gasteiger partial charge on any atom is 0.0957 e. The van der Waals surface area contributed by atoms with Crippen LogP contribution < -0.4 is 11.1 Å². The summed E-state index contributed by atoms with van der Waals surface area (Å²) in [4.78, 5) is 4.00. The molecule has 0 amide bonds. The number of amidine groups is 2. The van der Waals surface area contributed by atoms with E-state index in [0.29, 0.717) is 6.42 Å². The molecule has 0 aliphatic carbocycles. The fourth-order valence-corrected chi connectivity index (χ4v) is 0.795. The van der Waals surface area contributed by atoms with Crippen LogP contribution >= 0.6 is 0 Å². The molecule has 0 fully saturated rings. The van der Waals surface area contributed by atoms with Crippen LogP contribution in [0.2, 0.25) is 0 Å². The number of nitrogens with two attached hydrogens (primary N) is 1. The summed E-state index contributed by atoms with van der Waals surface area (Å²) in [5, 5.41) is 9.93. The molecule has 4 heteroatoms. The maximum atomic E-state index is 6.97. The van der Waals surface area contributed by atoms with Crippen molar-refractivity contribution in [3.05, 3.63) is 0 Å². The normalized spacial score (nSPS) is 11.3. The predicted octanol–water partition coefficient (Wildman–Crippen LogP) is 0.340. The van der Waals surface area contributed by atoms with Crippen LogP contribution in [0.5, 0.6) is 0 Å². The molecule has 0 bridgehead atoms. The first-order valence-electron chi connectivity index (χ1n) is 3.67. The summed E-state index contributed by atoms with van der Waals surface area (Å²) in [6.45, 7) is 0. The summed E-state index contributed by atoms with van der Waals surface area (Å²) in [6.07, 6.45) is 2.41. The van der Waals surface area contributed by atoms with Crippen molar-refractivity contribution in [1.29, 1.82) is 5.41 Å². The Morgan fingerprint density at radius 1 is 1.55 bits per heavy atom. The van der Waals surface area contributed by atoms with E-state index in [-0.39, 0.29) is 5.84 Å². The molecule has 0 radical (unpaired) electrons. The SMILES string of the molecule is CN=C(CCCC(=N)N)NC. The molecular formula is C7H16N4.